The van der Waals surface area contributed by atoms with Crippen LogP contribution in [0.25, 0.3) is 11.5 Å². The van der Waals surface area contributed by atoms with Crippen molar-refractivity contribution in [3.8, 4) is 17.2 Å². The van der Waals surface area contributed by atoms with Crippen molar-refractivity contribution < 1.29 is 18.0 Å². The summed E-state index contributed by atoms with van der Waals surface area (Å²) in [7, 11) is 0. The van der Waals surface area contributed by atoms with Crippen molar-refractivity contribution in [3.63, 3.8) is 0 Å². The highest BCUT2D eigenvalue weighted by Crippen LogP contribution is 2.25. The maximum absolute atomic E-state index is 12.1. The summed E-state index contributed by atoms with van der Waals surface area (Å²) in [6, 6.07) is 6.02. The number of aromatic nitrogens is 2. The van der Waals surface area contributed by atoms with Crippen molar-refractivity contribution in [2.45, 2.75) is 26.0 Å². The lowest BCUT2D eigenvalue weighted by Gasteiger charge is -2.11. The number of hydrogen-bond donors (Lipinski definition) is 1. The minimum atomic E-state index is -2.88. The molecule has 2 N–H and O–H groups in total. The predicted molar refractivity (Wildman–Crippen MR) is 63.6 cm³/mol. The Morgan fingerprint density at radius 3 is 2.68 bits per heavy atom. The van der Waals surface area contributed by atoms with Crippen molar-refractivity contribution in [2.24, 2.45) is 5.73 Å². The first-order valence-corrected chi connectivity index (χ1v) is 5.54. The molecule has 0 saturated carbocycles. The van der Waals surface area contributed by atoms with E-state index in [4.69, 9.17) is 10.3 Å². The fourth-order valence-corrected chi connectivity index (χ4v) is 1.41. The molecule has 1 heterocycles. The molecule has 0 bridgehead atoms. The molecule has 19 heavy (non-hydrogen) atoms. The van der Waals surface area contributed by atoms with Gasteiger partial charge in [0.1, 0.15) is 5.75 Å². The molecule has 5 nitrogen and oxygen atoms in total. The van der Waals surface area contributed by atoms with E-state index in [2.05, 4.69) is 14.9 Å². The highest BCUT2D eigenvalue weighted by molar-refractivity contribution is 5.55. The molecule has 0 fully saturated rings. The van der Waals surface area contributed by atoms with E-state index in [9.17, 15) is 8.78 Å². The third kappa shape index (κ3) is 3.25. The number of rotatable bonds is 4. The molecule has 0 unspecified atom stereocenters. The van der Waals surface area contributed by atoms with Crippen molar-refractivity contribution >= 4 is 0 Å². The summed E-state index contributed by atoms with van der Waals surface area (Å²) in [6.07, 6.45) is 0. The van der Waals surface area contributed by atoms with Gasteiger partial charge in [-0.15, -0.1) is 0 Å². The van der Waals surface area contributed by atoms with Crippen LogP contribution in [0.4, 0.5) is 8.78 Å². The van der Waals surface area contributed by atoms with Crippen molar-refractivity contribution in [1.82, 2.24) is 10.1 Å². The molecule has 2 aromatic rings. The fraction of sp³-hybridized carbons (Fsp3) is 0.333. The summed E-state index contributed by atoms with van der Waals surface area (Å²) in [4.78, 5) is 4.13. The first-order chi connectivity index (χ1) is 8.86. The zero-order chi connectivity index (χ0) is 14.0. The van der Waals surface area contributed by atoms with Crippen LogP contribution >= 0.6 is 0 Å². The number of nitrogens with zero attached hydrogens (tertiary/aromatic N) is 2. The minimum Gasteiger partial charge on any atom is -0.435 e. The molecule has 0 atom stereocenters. The van der Waals surface area contributed by atoms with Gasteiger partial charge in [-0.3, -0.25) is 0 Å². The number of hydrogen-bond acceptors (Lipinski definition) is 5. The summed E-state index contributed by atoms with van der Waals surface area (Å²) >= 11 is 0. The van der Waals surface area contributed by atoms with E-state index in [0.717, 1.165) is 0 Å². The largest absolute Gasteiger partial charge is 0.435 e. The van der Waals surface area contributed by atoms with Crippen LogP contribution in [0.15, 0.2) is 28.8 Å². The molecular weight excluding hydrogens is 256 g/mol. The summed E-state index contributed by atoms with van der Waals surface area (Å²) in [5.41, 5.74) is 5.59. The third-order valence-corrected chi connectivity index (χ3v) is 2.31. The van der Waals surface area contributed by atoms with Crippen LogP contribution in [0.3, 0.4) is 0 Å². The average Bonchev–Trinajstić information content (AvgIpc) is 2.77. The second-order valence-electron chi connectivity index (χ2n) is 4.55. The Balaban J connectivity index is 2.29. The molecule has 1 aromatic heterocycles. The van der Waals surface area contributed by atoms with Crippen molar-refractivity contribution in [2.75, 3.05) is 0 Å². The lowest BCUT2D eigenvalue weighted by molar-refractivity contribution is -0.0498. The maximum Gasteiger partial charge on any atom is 0.387 e. The molecule has 0 radical (unpaired) electrons. The zero-order valence-corrected chi connectivity index (χ0v) is 10.4. The SMILES string of the molecule is CC(C)(N)c1noc(-c2cccc(OC(F)F)c2)n1. The van der Waals surface area contributed by atoms with E-state index < -0.39 is 12.2 Å². The molecule has 1 aromatic carbocycles. The Kier molecular flexibility index (Phi) is 3.48. The summed E-state index contributed by atoms with van der Waals surface area (Å²) < 4.78 is 33.6. The fourth-order valence-electron chi connectivity index (χ4n) is 1.41. The Hall–Kier alpha value is -2.02. The quantitative estimate of drug-likeness (QED) is 0.923. The molecular formula is C12H13F2N3O2. The second kappa shape index (κ2) is 4.93. The van der Waals surface area contributed by atoms with E-state index in [0.29, 0.717) is 11.4 Å². The van der Waals surface area contributed by atoms with E-state index in [1.54, 1.807) is 26.0 Å². The van der Waals surface area contributed by atoms with Gasteiger partial charge >= 0.3 is 6.61 Å². The van der Waals surface area contributed by atoms with E-state index >= 15 is 0 Å². The van der Waals surface area contributed by atoms with Crippen molar-refractivity contribution in [3.05, 3.63) is 30.1 Å². The summed E-state index contributed by atoms with van der Waals surface area (Å²) in [5, 5.41) is 3.75. The van der Waals surface area contributed by atoms with Crippen LogP contribution in [0, 0.1) is 0 Å². The summed E-state index contributed by atoms with van der Waals surface area (Å²) in [6.45, 7) is 0.590. The van der Waals surface area contributed by atoms with Gasteiger partial charge in [-0.25, -0.2) is 0 Å². The van der Waals surface area contributed by atoms with Gasteiger partial charge in [0, 0.05) is 5.56 Å². The molecule has 0 aliphatic carbocycles. The minimum absolute atomic E-state index is 0.0271. The monoisotopic (exact) mass is 269 g/mol. The Bertz CT molecular complexity index is 564. The molecule has 0 amide bonds. The van der Waals surface area contributed by atoms with E-state index in [1.807, 2.05) is 0 Å². The number of nitrogens with two attached hydrogens (primary N) is 1. The van der Waals surface area contributed by atoms with E-state index in [1.165, 1.54) is 12.1 Å². The van der Waals surface area contributed by atoms with Gasteiger partial charge in [-0.2, -0.15) is 13.8 Å². The molecule has 0 aliphatic rings. The predicted octanol–water partition coefficient (Wildman–Crippen LogP) is 2.53. The summed E-state index contributed by atoms with van der Waals surface area (Å²) in [5.74, 6) is 0.565. The third-order valence-electron chi connectivity index (χ3n) is 2.31. The van der Waals surface area contributed by atoms with Gasteiger partial charge in [-0.05, 0) is 32.0 Å². The van der Waals surface area contributed by atoms with Crippen molar-refractivity contribution in [1.29, 1.82) is 0 Å². The number of ether oxygens (including phenoxy) is 1. The van der Waals surface area contributed by atoms with Gasteiger partial charge in [0.05, 0.1) is 5.54 Å². The normalized spacial score (nSPS) is 11.9. The average molecular weight is 269 g/mol. The number of halogens is 2. The lowest BCUT2D eigenvalue weighted by Crippen LogP contribution is -2.30. The Morgan fingerprint density at radius 1 is 1.37 bits per heavy atom. The highest BCUT2D eigenvalue weighted by atomic mass is 19.3. The first-order valence-electron chi connectivity index (χ1n) is 5.54. The zero-order valence-electron chi connectivity index (χ0n) is 10.4. The van der Waals surface area contributed by atoms with Crippen LogP contribution in [0.5, 0.6) is 5.75 Å². The van der Waals surface area contributed by atoms with Gasteiger partial charge < -0.3 is 15.0 Å². The smallest absolute Gasteiger partial charge is 0.387 e. The van der Waals surface area contributed by atoms with Crippen LogP contribution in [-0.2, 0) is 5.54 Å². The standard InChI is InChI=1S/C12H13F2N3O2/c1-12(2,15)10-16-9(19-17-10)7-4-3-5-8(6-7)18-11(13)14/h3-6,11H,15H2,1-2H3. The van der Waals surface area contributed by atoms with Crippen LogP contribution < -0.4 is 10.5 Å². The number of benzene rings is 1. The molecule has 0 spiro atoms. The van der Waals surface area contributed by atoms with Gasteiger partial charge in [0.15, 0.2) is 5.82 Å². The lowest BCUT2D eigenvalue weighted by atomic mass is 10.1. The van der Waals surface area contributed by atoms with Crippen LogP contribution in [0.2, 0.25) is 0 Å². The Morgan fingerprint density at radius 2 is 2.11 bits per heavy atom. The molecule has 102 valence electrons. The molecule has 0 saturated heterocycles. The van der Waals surface area contributed by atoms with Gasteiger partial charge in [0.25, 0.3) is 5.89 Å². The topological polar surface area (TPSA) is 74.2 Å². The molecule has 7 heteroatoms. The van der Waals surface area contributed by atoms with Gasteiger partial charge in [0.2, 0.25) is 0 Å². The second-order valence-corrected chi connectivity index (χ2v) is 4.55. The van der Waals surface area contributed by atoms with Crippen LogP contribution in [0.1, 0.15) is 19.7 Å². The maximum atomic E-state index is 12.1. The Labute approximate surface area is 108 Å². The first kappa shape index (κ1) is 13.4. The van der Waals surface area contributed by atoms with E-state index in [-0.39, 0.29) is 11.6 Å². The molecule has 0 aliphatic heterocycles. The number of alkyl halides is 2. The highest BCUT2D eigenvalue weighted by Gasteiger charge is 2.22. The molecule has 2 rings (SSSR count). The van der Waals surface area contributed by atoms with Crippen LogP contribution in [-0.4, -0.2) is 16.8 Å². The van der Waals surface area contributed by atoms with Gasteiger partial charge in [-0.1, -0.05) is 11.2 Å².